The van der Waals surface area contributed by atoms with Crippen molar-refractivity contribution in [3.63, 3.8) is 0 Å². The van der Waals surface area contributed by atoms with Gasteiger partial charge in [-0.2, -0.15) is 8.78 Å². The quantitative estimate of drug-likeness (QED) is 0.599. The van der Waals surface area contributed by atoms with Gasteiger partial charge in [0.05, 0.1) is 7.11 Å². The van der Waals surface area contributed by atoms with Crippen LogP contribution in [0, 0.1) is 6.92 Å². The summed E-state index contributed by atoms with van der Waals surface area (Å²) in [4.78, 5) is 16.3. The Kier molecular flexibility index (Phi) is 4.97. The maximum absolute atomic E-state index is 12.4. The molecule has 0 aromatic heterocycles. The minimum Gasteiger partial charge on any atom is -0.493 e. The summed E-state index contributed by atoms with van der Waals surface area (Å²) >= 11 is 0. The van der Waals surface area contributed by atoms with Gasteiger partial charge >= 0.3 is 12.6 Å². The first-order chi connectivity index (χ1) is 12.5. The van der Waals surface area contributed by atoms with Crippen LogP contribution in [0.25, 0.3) is 6.08 Å². The summed E-state index contributed by atoms with van der Waals surface area (Å²) in [6, 6.07) is 11.7. The van der Waals surface area contributed by atoms with Gasteiger partial charge in [0.1, 0.15) is 0 Å². The van der Waals surface area contributed by atoms with E-state index in [0.717, 1.165) is 5.56 Å². The molecule has 134 valence electrons. The van der Waals surface area contributed by atoms with Crippen molar-refractivity contribution in [2.24, 2.45) is 4.99 Å². The molecule has 2 aromatic carbocycles. The molecule has 0 N–H and O–H groups in total. The molecule has 0 spiro atoms. The van der Waals surface area contributed by atoms with E-state index < -0.39 is 12.6 Å². The average molecular weight is 359 g/mol. The number of esters is 1. The van der Waals surface area contributed by atoms with E-state index in [4.69, 9.17) is 9.47 Å². The van der Waals surface area contributed by atoms with E-state index in [0.29, 0.717) is 11.1 Å². The van der Waals surface area contributed by atoms with Gasteiger partial charge < -0.3 is 14.2 Å². The van der Waals surface area contributed by atoms with E-state index in [-0.39, 0.29) is 23.1 Å². The number of carbonyl (C=O) groups excluding carboxylic acids is 1. The third-order valence-electron chi connectivity index (χ3n) is 3.59. The molecule has 5 nitrogen and oxygen atoms in total. The van der Waals surface area contributed by atoms with Gasteiger partial charge in [0.15, 0.2) is 17.2 Å². The largest absolute Gasteiger partial charge is 0.493 e. The van der Waals surface area contributed by atoms with Gasteiger partial charge in [-0.3, -0.25) is 0 Å². The number of methoxy groups -OCH3 is 1. The van der Waals surface area contributed by atoms with Gasteiger partial charge in [-0.05, 0) is 42.8 Å². The summed E-state index contributed by atoms with van der Waals surface area (Å²) in [5, 5.41) is 0. The Balaban J connectivity index is 1.90. The number of alkyl halides is 2. The van der Waals surface area contributed by atoms with Crippen molar-refractivity contribution in [3.8, 4) is 11.5 Å². The Morgan fingerprint density at radius 1 is 1.15 bits per heavy atom. The number of carbonyl (C=O) groups is 1. The van der Waals surface area contributed by atoms with Crippen molar-refractivity contribution in [1.82, 2.24) is 0 Å². The smallest absolute Gasteiger partial charge is 0.387 e. The molecule has 3 rings (SSSR count). The topological polar surface area (TPSA) is 57.1 Å². The molecular weight excluding hydrogens is 344 g/mol. The van der Waals surface area contributed by atoms with E-state index in [9.17, 15) is 13.6 Å². The van der Waals surface area contributed by atoms with Gasteiger partial charge in [0, 0.05) is 5.56 Å². The molecule has 1 aliphatic heterocycles. The molecule has 0 amide bonds. The molecule has 1 aliphatic rings. The molecule has 2 aromatic rings. The fraction of sp³-hybridized carbons (Fsp3) is 0.158. The molecule has 0 saturated heterocycles. The number of benzene rings is 2. The zero-order valence-electron chi connectivity index (χ0n) is 14.0. The maximum atomic E-state index is 12.4. The number of rotatable bonds is 5. The third-order valence-corrected chi connectivity index (χ3v) is 3.59. The zero-order valence-corrected chi connectivity index (χ0v) is 14.0. The summed E-state index contributed by atoms with van der Waals surface area (Å²) in [6.45, 7) is -1.04. The van der Waals surface area contributed by atoms with Crippen LogP contribution in [0.3, 0.4) is 0 Å². The van der Waals surface area contributed by atoms with Crippen LogP contribution in [-0.2, 0) is 9.53 Å². The molecule has 1 heterocycles. The van der Waals surface area contributed by atoms with E-state index in [1.54, 1.807) is 6.07 Å². The number of aryl methyl sites for hydroxylation is 1. The second-order valence-electron chi connectivity index (χ2n) is 5.49. The molecule has 0 aliphatic carbocycles. The highest BCUT2D eigenvalue weighted by molar-refractivity contribution is 6.12. The number of cyclic esters (lactones) is 1. The maximum Gasteiger partial charge on any atom is 0.387 e. The predicted molar refractivity (Wildman–Crippen MR) is 91.4 cm³/mol. The van der Waals surface area contributed by atoms with Gasteiger partial charge in [0.2, 0.25) is 5.90 Å². The number of nitrogens with zero attached hydrogens (tertiary/aromatic N) is 1. The number of halogens is 2. The van der Waals surface area contributed by atoms with E-state index in [1.807, 2.05) is 25.1 Å². The van der Waals surface area contributed by atoms with Crippen LogP contribution in [0.15, 0.2) is 53.2 Å². The summed E-state index contributed by atoms with van der Waals surface area (Å²) < 4.78 is 39.4. The van der Waals surface area contributed by atoms with E-state index in [2.05, 4.69) is 9.73 Å². The Bertz CT molecular complexity index is 906. The summed E-state index contributed by atoms with van der Waals surface area (Å²) in [6.07, 6.45) is 1.49. The monoisotopic (exact) mass is 359 g/mol. The Morgan fingerprint density at radius 3 is 2.65 bits per heavy atom. The highest BCUT2D eigenvalue weighted by Gasteiger charge is 2.24. The average Bonchev–Trinajstić information content (AvgIpc) is 2.96. The fourth-order valence-electron chi connectivity index (χ4n) is 2.44. The molecular formula is C19H15F2NO4. The highest BCUT2D eigenvalue weighted by Crippen LogP contribution is 2.31. The first kappa shape index (κ1) is 17.6. The Hall–Kier alpha value is -3.22. The van der Waals surface area contributed by atoms with Crippen molar-refractivity contribution in [3.05, 3.63) is 64.9 Å². The molecule has 26 heavy (non-hydrogen) atoms. The molecule has 0 unspecified atom stereocenters. The predicted octanol–water partition coefficient (Wildman–Crippen LogP) is 3.95. The fourth-order valence-corrected chi connectivity index (χ4v) is 2.44. The van der Waals surface area contributed by atoms with Crippen molar-refractivity contribution >= 4 is 17.9 Å². The minimum atomic E-state index is -2.96. The van der Waals surface area contributed by atoms with Crippen molar-refractivity contribution in [2.75, 3.05) is 7.11 Å². The van der Waals surface area contributed by atoms with E-state index >= 15 is 0 Å². The summed E-state index contributed by atoms with van der Waals surface area (Å²) in [5.41, 5.74) is 2.34. The second kappa shape index (κ2) is 7.35. The number of aliphatic imine (C=N–C) groups is 1. The van der Waals surface area contributed by atoms with Crippen molar-refractivity contribution in [2.45, 2.75) is 13.5 Å². The molecule has 7 heteroatoms. The molecule has 0 bridgehead atoms. The van der Waals surface area contributed by atoms with Gasteiger partial charge in [-0.15, -0.1) is 0 Å². The van der Waals surface area contributed by atoms with Crippen molar-refractivity contribution < 1.29 is 27.8 Å². The zero-order chi connectivity index (χ0) is 18.7. The lowest BCUT2D eigenvalue weighted by molar-refractivity contribution is -0.129. The standard InChI is InChI=1S/C19H15F2NO4/c1-11-4-3-5-13(8-11)17-22-14(18(23)26-17)9-12-6-7-15(25-19(20)21)16(10-12)24-2/h3-10,19H,1-2H3/b14-9+. The van der Waals surface area contributed by atoms with Crippen LogP contribution in [0.4, 0.5) is 8.78 Å². The molecule has 0 fully saturated rings. The SMILES string of the molecule is COc1cc(/C=C2/N=C(c3cccc(C)c3)OC2=O)ccc1OC(F)F. The summed E-state index contributed by atoms with van der Waals surface area (Å²) in [5.74, 6) is -0.348. The number of hydrogen-bond donors (Lipinski definition) is 0. The van der Waals surface area contributed by atoms with Crippen LogP contribution in [0.1, 0.15) is 16.7 Å². The molecule has 0 radical (unpaired) electrons. The van der Waals surface area contributed by atoms with Crippen LogP contribution >= 0.6 is 0 Å². The molecule has 0 saturated carbocycles. The lowest BCUT2D eigenvalue weighted by atomic mass is 10.1. The van der Waals surface area contributed by atoms with Gasteiger partial charge in [0.25, 0.3) is 0 Å². The first-order valence-electron chi connectivity index (χ1n) is 7.68. The Labute approximate surface area is 148 Å². The highest BCUT2D eigenvalue weighted by atomic mass is 19.3. The van der Waals surface area contributed by atoms with Crippen LogP contribution in [-0.4, -0.2) is 25.6 Å². The minimum absolute atomic E-state index is 0.0948. The first-order valence-corrected chi connectivity index (χ1v) is 7.68. The summed E-state index contributed by atoms with van der Waals surface area (Å²) in [7, 11) is 1.34. The van der Waals surface area contributed by atoms with Gasteiger partial charge in [-0.25, -0.2) is 9.79 Å². The molecule has 0 atom stereocenters. The lowest BCUT2D eigenvalue weighted by Gasteiger charge is -2.10. The second-order valence-corrected chi connectivity index (χ2v) is 5.49. The normalized spacial score (nSPS) is 15.2. The number of ether oxygens (including phenoxy) is 3. The van der Waals surface area contributed by atoms with Crippen molar-refractivity contribution in [1.29, 1.82) is 0 Å². The lowest BCUT2D eigenvalue weighted by Crippen LogP contribution is -2.05. The third kappa shape index (κ3) is 3.88. The van der Waals surface area contributed by atoms with Crippen LogP contribution < -0.4 is 9.47 Å². The van der Waals surface area contributed by atoms with Crippen LogP contribution in [0.5, 0.6) is 11.5 Å². The van der Waals surface area contributed by atoms with E-state index in [1.165, 1.54) is 31.4 Å². The van der Waals surface area contributed by atoms with Crippen LogP contribution in [0.2, 0.25) is 0 Å². The van der Waals surface area contributed by atoms with Gasteiger partial charge in [-0.1, -0.05) is 23.8 Å². The Morgan fingerprint density at radius 2 is 1.96 bits per heavy atom. The number of hydrogen-bond acceptors (Lipinski definition) is 5.